The summed E-state index contributed by atoms with van der Waals surface area (Å²) in [6, 6.07) is 0. The van der Waals surface area contributed by atoms with Gasteiger partial charge in [0.1, 0.15) is 6.61 Å². The van der Waals surface area contributed by atoms with Crippen LogP contribution in [-0.2, 0) is 19.1 Å². The average Bonchev–Trinajstić information content (AvgIpc) is 2.99. The highest BCUT2D eigenvalue weighted by atomic mass is 16.6. The Morgan fingerprint density at radius 2 is 0.860 bits per heavy atom. The van der Waals surface area contributed by atoms with E-state index in [-0.39, 0.29) is 25.2 Å². The summed E-state index contributed by atoms with van der Waals surface area (Å²) < 4.78 is 10.6. The molecule has 0 radical (unpaired) electrons. The van der Waals surface area contributed by atoms with Gasteiger partial charge in [-0.25, -0.2) is 0 Å². The first-order valence-electron chi connectivity index (χ1n) is 19.0. The first kappa shape index (κ1) is 41.9. The van der Waals surface area contributed by atoms with Gasteiger partial charge in [0.2, 0.25) is 0 Å². The Morgan fingerprint density at radius 3 is 1.23 bits per heavy atom. The number of aliphatic hydroxyl groups excluding tert-OH is 1. The Morgan fingerprint density at radius 1 is 0.512 bits per heavy atom. The third kappa shape index (κ3) is 33.6. The molecule has 0 bridgehead atoms. The lowest BCUT2D eigenvalue weighted by atomic mass is 10.0. The summed E-state index contributed by atoms with van der Waals surface area (Å²) in [6.45, 7) is 6.50. The van der Waals surface area contributed by atoms with Gasteiger partial charge in [-0.05, 0) is 18.8 Å². The number of esters is 2. The van der Waals surface area contributed by atoms with Crippen molar-refractivity contribution in [3.05, 3.63) is 0 Å². The van der Waals surface area contributed by atoms with Crippen LogP contribution in [0.5, 0.6) is 0 Å². The first-order valence-corrected chi connectivity index (χ1v) is 19.0. The van der Waals surface area contributed by atoms with E-state index in [1.807, 2.05) is 0 Å². The largest absolute Gasteiger partial charge is 0.462 e. The summed E-state index contributed by atoms with van der Waals surface area (Å²) in [5.74, 6) is 0.272. The first-order chi connectivity index (χ1) is 21.0. The van der Waals surface area contributed by atoms with Crippen molar-refractivity contribution < 1.29 is 24.2 Å². The second kappa shape index (κ2) is 33.8. The van der Waals surface area contributed by atoms with Crippen molar-refractivity contribution in [3.63, 3.8) is 0 Å². The molecule has 5 nitrogen and oxygen atoms in total. The monoisotopic (exact) mass is 611 g/mol. The van der Waals surface area contributed by atoms with E-state index in [2.05, 4.69) is 20.8 Å². The van der Waals surface area contributed by atoms with E-state index in [4.69, 9.17) is 9.47 Å². The number of carbonyl (C=O) groups excluding carboxylic acids is 2. The van der Waals surface area contributed by atoms with Gasteiger partial charge >= 0.3 is 11.9 Å². The molecule has 0 aliphatic heterocycles. The molecule has 0 saturated carbocycles. The number of hydrogen-bond donors (Lipinski definition) is 1. The van der Waals surface area contributed by atoms with Crippen LogP contribution in [0.25, 0.3) is 0 Å². The summed E-state index contributed by atoms with van der Waals surface area (Å²) in [4.78, 5) is 24.2. The summed E-state index contributed by atoms with van der Waals surface area (Å²) in [6.07, 6.45) is 34.4. The number of hydrogen-bond acceptors (Lipinski definition) is 5. The minimum Gasteiger partial charge on any atom is -0.462 e. The topological polar surface area (TPSA) is 72.8 Å². The van der Waals surface area contributed by atoms with Crippen molar-refractivity contribution in [1.82, 2.24) is 0 Å². The van der Waals surface area contributed by atoms with Crippen molar-refractivity contribution in [2.45, 2.75) is 213 Å². The minimum absolute atomic E-state index is 0.0579. The quantitative estimate of drug-likeness (QED) is 0.0579. The van der Waals surface area contributed by atoms with E-state index in [0.29, 0.717) is 12.8 Å². The molecule has 0 aliphatic rings. The molecule has 0 unspecified atom stereocenters. The molecular weight excluding hydrogens is 536 g/mol. The molecule has 1 atom stereocenters. The van der Waals surface area contributed by atoms with Gasteiger partial charge in [-0.3, -0.25) is 9.59 Å². The van der Waals surface area contributed by atoms with E-state index in [9.17, 15) is 14.7 Å². The van der Waals surface area contributed by atoms with Crippen molar-refractivity contribution in [1.29, 1.82) is 0 Å². The van der Waals surface area contributed by atoms with Crippen LogP contribution < -0.4 is 0 Å². The molecule has 0 aromatic rings. The molecule has 256 valence electrons. The average molecular weight is 611 g/mol. The van der Waals surface area contributed by atoms with Crippen LogP contribution in [-0.4, -0.2) is 36.4 Å². The maximum Gasteiger partial charge on any atom is 0.306 e. The van der Waals surface area contributed by atoms with Gasteiger partial charge in [-0.2, -0.15) is 0 Å². The van der Waals surface area contributed by atoms with Gasteiger partial charge < -0.3 is 14.6 Å². The summed E-state index contributed by atoms with van der Waals surface area (Å²) in [5.41, 5.74) is 0. The van der Waals surface area contributed by atoms with Crippen LogP contribution in [0.2, 0.25) is 0 Å². The smallest absolute Gasteiger partial charge is 0.306 e. The lowest BCUT2D eigenvalue weighted by Crippen LogP contribution is -2.28. The highest BCUT2D eigenvalue weighted by Gasteiger charge is 2.16. The molecule has 0 spiro atoms. The number of aliphatic hydroxyl groups is 1. The molecule has 43 heavy (non-hydrogen) atoms. The summed E-state index contributed by atoms with van der Waals surface area (Å²) in [7, 11) is 0. The highest BCUT2D eigenvalue weighted by molar-refractivity contribution is 5.70. The number of rotatable bonds is 34. The van der Waals surface area contributed by atoms with Crippen molar-refractivity contribution in [2.75, 3.05) is 13.2 Å². The SMILES string of the molecule is CCCCCCCCCCCCCCC(=O)OC[C@H](CO)OC(=O)CCCCCCCCCCCCCCCCC(C)C. The lowest BCUT2D eigenvalue weighted by molar-refractivity contribution is -0.161. The maximum absolute atomic E-state index is 12.1. The standard InChI is InChI=1S/C38H74O5/c1-4-5-6-7-8-9-10-16-19-22-25-28-31-37(40)42-34-36(33-39)43-38(41)32-29-26-23-20-17-14-12-11-13-15-18-21-24-27-30-35(2)3/h35-36,39H,4-34H2,1-3H3/t36-/m0/s1. The summed E-state index contributed by atoms with van der Waals surface area (Å²) in [5, 5.41) is 9.53. The fourth-order valence-electron chi connectivity index (χ4n) is 5.68. The van der Waals surface area contributed by atoms with Gasteiger partial charge in [-0.15, -0.1) is 0 Å². The van der Waals surface area contributed by atoms with Gasteiger partial charge in [0, 0.05) is 12.8 Å². The van der Waals surface area contributed by atoms with Gasteiger partial charge in [0.15, 0.2) is 6.10 Å². The zero-order valence-corrected chi connectivity index (χ0v) is 29.2. The molecule has 0 amide bonds. The molecule has 0 rings (SSSR count). The molecule has 1 N–H and O–H groups in total. The highest BCUT2D eigenvalue weighted by Crippen LogP contribution is 2.16. The fourth-order valence-corrected chi connectivity index (χ4v) is 5.68. The Hall–Kier alpha value is -1.10. The van der Waals surface area contributed by atoms with Crippen LogP contribution in [0.4, 0.5) is 0 Å². The number of ether oxygens (including phenoxy) is 2. The molecular formula is C38H74O5. The van der Waals surface area contributed by atoms with Gasteiger partial charge in [0.25, 0.3) is 0 Å². The minimum atomic E-state index is -0.761. The third-order valence-corrected chi connectivity index (χ3v) is 8.58. The molecule has 0 heterocycles. The predicted octanol–water partition coefficient (Wildman–Crippen LogP) is 11.4. The molecule has 5 heteroatoms. The van der Waals surface area contributed by atoms with E-state index < -0.39 is 6.10 Å². The number of carbonyl (C=O) groups is 2. The molecule has 0 aliphatic carbocycles. The van der Waals surface area contributed by atoms with Gasteiger partial charge in [-0.1, -0.05) is 181 Å². The Labute approximate surface area is 268 Å². The second-order valence-electron chi connectivity index (χ2n) is 13.5. The van der Waals surface area contributed by atoms with Crippen LogP contribution in [0, 0.1) is 5.92 Å². The van der Waals surface area contributed by atoms with Crippen LogP contribution in [0.15, 0.2) is 0 Å². The zero-order valence-electron chi connectivity index (χ0n) is 29.2. The Kier molecular flexibility index (Phi) is 32.9. The van der Waals surface area contributed by atoms with Crippen LogP contribution in [0.3, 0.4) is 0 Å². The maximum atomic E-state index is 12.1. The summed E-state index contributed by atoms with van der Waals surface area (Å²) >= 11 is 0. The van der Waals surface area contributed by atoms with Gasteiger partial charge in [0.05, 0.1) is 6.61 Å². The van der Waals surface area contributed by atoms with E-state index >= 15 is 0 Å². The Balaban J connectivity index is 3.50. The lowest BCUT2D eigenvalue weighted by Gasteiger charge is -2.15. The number of unbranched alkanes of at least 4 members (excludes halogenated alkanes) is 24. The zero-order chi connectivity index (χ0) is 31.6. The van der Waals surface area contributed by atoms with Crippen LogP contribution in [0.1, 0.15) is 207 Å². The van der Waals surface area contributed by atoms with E-state index in [1.54, 1.807) is 0 Å². The Bertz CT molecular complexity index is 591. The van der Waals surface area contributed by atoms with Crippen LogP contribution >= 0.6 is 0 Å². The van der Waals surface area contributed by atoms with Crippen molar-refractivity contribution in [2.24, 2.45) is 5.92 Å². The van der Waals surface area contributed by atoms with E-state index in [0.717, 1.165) is 38.0 Å². The van der Waals surface area contributed by atoms with Crippen molar-refractivity contribution in [3.8, 4) is 0 Å². The normalized spacial score (nSPS) is 12.1. The molecule has 0 aromatic carbocycles. The molecule has 0 aromatic heterocycles. The molecule has 0 saturated heterocycles. The fraction of sp³-hybridized carbons (Fsp3) is 0.947. The van der Waals surface area contributed by atoms with E-state index in [1.165, 1.54) is 141 Å². The molecule has 0 fully saturated rings. The van der Waals surface area contributed by atoms with Crippen molar-refractivity contribution >= 4 is 11.9 Å². The second-order valence-corrected chi connectivity index (χ2v) is 13.5. The predicted molar refractivity (Wildman–Crippen MR) is 182 cm³/mol. The third-order valence-electron chi connectivity index (χ3n) is 8.58.